The summed E-state index contributed by atoms with van der Waals surface area (Å²) in [5.41, 5.74) is 3.73. The lowest BCUT2D eigenvalue weighted by Gasteiger charge is -2.32. The molecule has 1 N–H and O–H groups in total. The zero-order valence-corrected chi connectivity index (χ0v) is 21.8. The number of halogens is 2. The number of nitrogens with zero attached hydrogens (tertiary/aromatic N) is 1. The van der Waals surface area contributed by atoms with E-state index in [2.05, 4.69) is 11.4 Å². The monoisotopic (exact) mass is 492 g/mol. The fourth-order valence-corrected chi connectivity index (χ4v) is 4.10. The lowest BCUT2D eigenvalue weighted by Crippen LogP contribution is -2.51. The third-order valence-corrected chi connectivity index (χ3v) is 6.60. The number of hydrogen-bond donors (Lipinski definition) is 1. The van der Waals surface area contributed by atoms with Crippen molar-refractivity contribution in [3.8, 4) is 5.75 Å². The maximum absolute atomic E-state index is 13.4. The van der Waals surface area contributed by atoms with E-state index in [1.165, 1.54) is 4.90 Å². The molecule has 180 valence electrons. The predicted molar refractivity (Wildman–Crippen MR) is 135 cm³/mol. The third kappa shape index (κ3) is 7.12. The van der Waals surface area contributed by atoms with Crippen LogP contribution in [-0.4, -0.2) is 35.4 Å². The van der Waals surface area contributed by atoms with Gasteiger partial charge in [0.05, 0.1) is 0 Å². The average Bonchev–Trinajstić information content (AvgIpc) is 2.76. The van der Waals surface area contributed by atoms with Gasteiger partial charge in [-0.05, 0) is 75.4 Å². The standard InChI is InChI=1S/C26H34Cl2N2O3/c1-7-18(5)29-26(32)23(8-2)30(14-20-21(27)10-9-11-22(20)28)25(31)15-33-24-13-16(3)12-17(4)19(24)6/h9-13,18,23H,7-8,14-15H2,1-6H3,(H,29,32)/t18-,23+/m0/s1. The molecule has 2 aromatic carbocycles. The zero-order valence-electron chi connectivity index (χ0n) is 20.3. The minimum atomic E-state index is -0.678. The number of carbonyl (C=O) groups excluding carboxylic acids is 2. The number of rotatable bonds is 10. The van der Waals surface area contributed by atoms with Crippen molar-refractivity contribution in [1.82, 2.24) is 10.2 Å². The van der Waals surface area contributed by atoms with Gasteiger partial charge in [0.1, 0.15) is 11.8 Å². The second kappa shape index (κ2) is 12.3. The maximum atomic E-state index is 13.4. The van der Waals surface area contributed by atoms with Crippen molar-refractivity contribution in [1.29, 1.82) is 0 Å². The Bertz CT molecular complexity index is 973. The number of carbonyl (C=O) groups is 2. The topological polar surface area (TPSA) is 58.6 Å². The van der Waals surface area contributed by atoms with Gasteiger partial charge in [0.25, 0.3) is 5.91 Å². The van der Waals surface area contributed by atoms with E-state index >= 15 is 0 Å². The third-order valence-electron chi connectivity index (χ3n) is 5.89. The molecule has 0 spiro atoms. The number of amides is 2. The van der Waals surface area contributed by atoms with Crippen LogP contribution in [0.2, 0.25) is 10.0 Å². The average molecular weight is 493 g/mol. The number of aryl methyl sites for hydroxylation is 2. The highest BCUT2D eigenvalue weighted by Crippen LogP contribution is 2.28. The quantitative estimate of drug-likeness (QED) is 0.440. The summed E-state index contributed by atoms with van der Waals surface area (Å²) in [6.45, 7) is 11.7. The van der Waals surface area contributed by atoms with Crippen molar-refractivity contribution in [2.24, 2.45) is 0 Å². The SMILES string of the molecule is CC[C@H](C(=O)N[C@@H](C)CC)N(Cc1c(Cl)cccc1Cl)C(=O)COc1cc(C)cc(C)c1C. The van der Waals surface area contributed by atoms with Crippen LogP contribution >= 0.6 is 23.2 Å². The highest BCUT2D eigenvalue weighted by atomic mass is 35.5. The molecule has 0 radical (unpaired) electrons. The Kier molecular flexibility index (Phi) is 10.1. The largest absolute Gasteiger partial charge is 0.483 e. The molecule has 0 aliphatic carbocycles. The molecule has 0 aliphatic rings. The smallest absolute Gasteiger partial charge is 0.261 e. The second-order valence-corrected chi connectivity index (χ2v) is 9.27. The first kappa shape index (κ1) is 27.0. The van der Waals surface area contributed by atoms with Crippen LogP contribution in [0.3, 0.4) is 0 Å². The summed E-state index contributed by atoms with van der Waals surface area (Å²) in [6, 6.07) is 8.51. The molecule has 5 nitrogen and oxygen atoms in total. The van der Waals surface area contributed by atoms with Crippen LogP contribution in [0.15, 0.2) is 30.3 Å². The summed E-state index contributed by atoms with van der Waals surface area (Å²) in [5.74, 6) is 0.148. The van der Waals surface area contributed by atoms with Crippen LogP contribution in [0.25, 0.3) is 0 Å². The number of benzene rings is 2. The van der Waals surface area contributed by atoms with Crippen LogP contribution in [0.5, 0.6) is 5.75 Å². The van der Waals surface area contributed by atoms with Crippen molar-refractivity contribution < 1.29 is 14.3 Å². The van der Waals surface area contributed by atoms with Gasteiger partial charge < -0.3 is 15.0 Å². The second-order valence-electron chi connectivity index (χ2n) is 8.46. The zero-order chi connectivity index (χ0) is 24.7. The molecule has 0 aromatic heterocycles. The molecule has 0 unspecified atom stereocenters. The predicted octanol–water partition coefficient (Wildman–Crippen LogP) is 6.02. The normalized spacial score (nSPS) is 12.7. The minimum Gasteiger partial charge on any atom is -0.483 e. The Hall–Kier alpha value is -2.24. The van der Waals surface area contributed by atoms with Crippen molar-refractivity contribution in [2.45, 2.75) is 73.0 Å². The van der Waals surface area contributed by atoms with Crippen LogP contribution in [0.1, 0.15) is 55.9 Å². The van der Waals surface area contributed by atoms with E-state index in [9.17, 15) is 9.59 Å². The van der Waals surface area contributed by atoms with Crippen molar-refractivity contribution in [2.75, 3.05) is 6.61 Å². The molecule has 7 heteroatoms. The summed E-state index contributed by atoms with van der Waals surface area (Å²) in [5, 5.41) is 3.88. The molecule has 2 aromatic rings. The lowest BCUT2D eigenvalue weighted by molar-refractivity contribution is -0.143. The molecule has 0 fully saturated rings. The van der Waals surface area contributed by atoms with Crippen LogP contribution in [0.4, 0.5) is 0 Å². The maximum Gasteiger partial charge on any atom is 0.261 e. The van der Waals surface area contributed by atoms with Gasteiger partial charge in [-0.15, -0.1) is 0 Å². The van der Waals surface area contributed by atoms with Gasteiger partial charge >= 0.3 is 0 Å². The van der Waals surface area contributed by atoms with Crippen molar-refractivity contribution >= 4 is 35.0 Å². The summed E-state index contributed by atoms with van der Waals surface area (Å²) in [7, 11) is 0. The first-order valence-corrected chi connectivity index (χ1v) is 12.1. The van der Waals surface area contributed by atoms with E-state index in [0.717, 1.165) is 23.1 Å². The molecule has 33 heavy (non-hydrogen) atoms. The van der Waals surface area contributed by atoms with Gasteiger partial charge in [-0.25, -0.2) is 0 Å². The number of ether oxygens (including phenoxy) is 1. The van der Waals surface area contributed by atoms with Gasteiger partial charge in [-0.1, -0.05) is 49.2 Å². The minimum absolute atomic E-state index is 0.00146. The Morgan fingerprint density at radius 2 is 1.70 bits per heavy atom. The first-order valence-electron chi connectivity index (χ1n) is 11.3. The molecule has 0 aliphatic heterocycles. The molecular weight excluding hydrogens is 459 g/mol. The van der Waals surface area contributed by atoms with Crippen molar-refractivity contribution in [3.05, 3.63) is 62.6 Å². The Morgan fingerprint density at radius 1 is 1.06 bits per heavy atom. The molecule has 2 atom stereocenters. The van der Waals surface area contributed by atoms with Crippen LogP contribution < -0.4 is 10.1 Å². The Morgan fingerprint density at radius 3 is 2.27 bits per heavy atom. The summed E-state index contributed by atoms with van der Waals surface area (Å²) >= 11 is 12.8. The first-order chi connectivity index (χ1) is 15.6. The molecular formula is C26H34Cl2N2O3. The lowest BCUT2D eigenvalue weighted by atomic mass is 10.1. The van der Waals surface area contributed by atoms with E-state index in [4.69, 9.17) is 27.9 Å². The number of nitrogens with one attached hydrogen (secondary N) is 1. The highest BCUT2D eigenvalue weighted by Gasteiger charge is 2.30. The van der Waals surface area contributed by atoms with Crippen LogP contribution in [0, 0.1) is 20.8 Å². The van der Waals surface area contributed by atoms with Gasteiger partial charge in [0.15, 0.2) is 6.61 Å². The van der Waals surface area contributed by atoms with Gasteiger partial charge in [-0.2, -0.15) is 0 Å². The summed E-state index contributed by atoms with van der Waals surface area (Å²) < 4.78 is 5.93. The van der Waals surface area contributed by atoms with Gasteiger partial charge in [-0.3, -0.25) is 9.59 Å². The highest BCUT2D eigenvalue weighted by molar-refractivity contribution is 6.36. The Balaban J connectivity index is 2.34. The van der Waals surface area contributed by atoms with Gasteiger partial charge in [0.2, 0.25) is 5.91 Å². The summed E-state index contributed by atoms with van der Waals surface area (Å²) in [4.78, 5) is 28.0. The number of hydrogen-bond acceptors (Lipinski definition) is 3. The van der Waals surface area contributed by atoms with Gasteiger partial charge in [0, 0.05) is 28.2 Å². The fraction of sp³-hybridized carbons (Fsp3) is 0.462. The van der Waals surface area contributed by atoms with Crippen molar-refractivity contribution in [3.63, 3.8) is 0 Å². The van der Waals surface area contributed by atoms with E-state index < -0.39 is 6.04 Å². The molecule has 2 rings (SSSR count). The fourth-order valence-electron chi connectivity index (χ4n) is 3.59. The molecule has 0 bridgehead atoms. The van der Waals surface area contributed by atoms with E-state index in [0.29, 0.717) is 27.8 Å². The van der Waals surface area contributed by atoms with E-state index in [1.54, 1.807) is 18.2 Å². The molecule has 0 heterocycles. The van der Waals surface area contributed by atoms with Crippen LogP contribution in [-0.2, 0) is 16.1 Å². The van der Waals surface area contributed by atoms with E-state index in [1.807, 2.05) is 47.6 Å². The Labute approximate surface area is 207 Å². The molecule has 0 saturated heterocycles. The summed E-state index contributed by atoms with van der Waals surface area (Å²) in [6.07, 6.45) is 1.24. The van der Waals surface area contributed by atoms with E-state index in [-0.39, 0.29) is 31.0 Å². The molecule has 2 amide bonds. The molecule has 0 saturated carbocycles.